The molecule has 0 bridgehead atoms. The molecule has 0 aliphatic heterocycles. The van der Waals surface area contributed by atoms with Crippen molar-refractivity contribution < 1.29 is 14.3 Å². The Balaban J connectivity index is 2.20. The minimum Gasteiger partial charge on any atom is -0.379 e. The van der Waals surface area contributed by atoms with Crippen LogP contribution in [-0.2, 0) is 15.9 Å². The number of hydrogen-bond acceptors (Lipinski definition) is 3. The third kappa shape index (κ3) is 6.50. The van der Waals surface area contributed by atoms with Gasteiger partial charge in [0.05, 0.1) is 13.2 Å². The van der Waals surface area contributed by atoms with Crippen LogP contribution in [0.4, 0.5) is 0 Å². The minimum absolute atomic E-state index is 0.0199. The summed E-state index contributed by atoms with van der Waals surface area (Å²) in [5, 5.41) is 0. The van der Waals surface area contributed by atoms with Crippen molar-refractivity contribution in [1.29, 1.82) is 0 Å². The maximum Gasteiger partial charge on any atom is 0.188 e. The third-order valence-electron chi connectivity index (χ3n) is 2.74. The van der Waals surface area contributed by atoms with E-state index in [0.29, 0.717) is 24.7 Å². The van der Waals surface area contributed by atoms with Crippen LogP contribution < -0.4 is 0 Å². The number of benzene rings is 1. The molecule has 1 rings (SSSR count). The summed E-state index contributed by atoms with van der Waals surface area (Å²) in [5.41, 5.74) is 1.94. The number of ketones is 1. The highest BCUT2D eigenvalue weighted by molar-refractivity contribution is 5.97. The Labute approximate surface area is 115 Å². The van der Waals surface area contributed by atoms with Gasteiger partial charge >= 0.3 is 0 Å². The Kier molecular flexibility index (Phi) is 7.38. The first kappa shape index (κ1) is 15.9. The molecule has 0 aromatic heterocycles. The Morgan fingerprint density at radius 1 is 1.11 bits per heavy atom. The van der Waals surface area contributed by atoms with Crippen molar-refractivity contribution in [2.24, 2.45) is 5.92 Å². The summed E-state index contributed by atoms with van der Waals surface area (Å²) in [4.78, 5) is 11.8. The van der Waals surface area contributed by atoms with E-state index < -0.39 is 0 Å². The quantitative estimate of drug-likeness (QED) is 0.508. The molecule has 0 fully saturated rings. The monoisotopic (exact) mass is 264 g/mol. The molecule has 3 nitrogen and oxygen atoms in total. The van der Waals surface area contributed by atoms with Gasteiger partial charge in [-0.2, -0.15) is 0 Å². The Morgan fingerprint density at radius 2 is 1.74 bits per heavy atom. The number of carbonyl (C=O) groups is 1. The molecule has 0 unspecified atom stereocenters. The van der Waals surface area contributed by atoms with Gasteiger partial charge in [-0.05, 0) is 17.9 Å². The van der Waals surface area contributed by atoms with E-state index in [-0.39, 0.29) is 12.4 Å². The standard InChI is InChI=1S/C16H24O3/c1-4-14-5-7-15(8-6-14)16(17)12-19-10-9-18-11-13(2)3/h5-8,13H,4,9-12H2,1-3H3. The van der Waals surface area contributed by atoms with Gasteiger partial charge in [0.25, 0.3) is 0 Å². The zero-order chi connectivity index (χ0) is 14.1. The third-order valence-corrected chi connectivity index (χ3v) is 2.74. The topological polar surface area (TPSA) is 35.5 Å². The van der Waals surface area contributed by atoms with Crippen molar-refractivity contribution in [2.45, 2.75) is 27.2 Å². The van der Waals surface area contributed by atoms with Crippen LogP contribution in [0.5, 0.6) is 0 Å². The van der Waals surface area contributed by atoms with E-state index in [4.69, 9.17) is 9.47 Å². The summed E-state index contributed by atoms with van der Waals surface area (Å²) < 4.78 is 10.7. The summed E-state index contributed by atoms with van der Waals surface area (Å²) in [6.07, 6.45) is 0.984. The molecule has 0 atom stereocenters. The van der Waals surface area contributed by atoms with Crippen LogP contribution in [0.15, 0.2) is 24.3 Å². The number of hydrogen-bond donors (Lipinski definition) is 0. The number of rotatable bonds is 9. The lowest BCUT2D eigenvalue weighted by molar-refractivity contribution is 0.0364. The molecule has 0 saturated heterocycles. The zero-order valence-electron chi connectivity index (χ0n) is 12.1. The van der Waals surface area contributed by atoms with Gasteiger partial charge in [0.15, 0.2) is 5.78 Å². The summed E-state index contributed by atoms with van der Waals surface area (Å²) in [5.74, 6) is 0.547. The van der Waals surface area contributed by atoms with Gasteiger partial charge in [-0.15, -0.1) is 0 Å². The fourth-order valence-electron chi connectivity index (χ4n) is 1.61. The molecule has 1 aromatic carbocycles. The van der Waals surface area contributed by atoms with Gasteiger partial charge in [-0.1, -0.05) is 45.0 Å². The number of ether oxygens (including phenoxy) is 2. The van der Waals surface area contributed by atoms with Crippen molar-refractivity contribution in [1.82, 2.24) is 0 Å². The molecule has 106 valence electrons. The molecule has 0 amide bonds. The second kappa shape index (κ2) is 8.83. The van der Waals surface area contributed by atoms with Crippen molar-refractivity contribution in [3.05, 3.63) is 35.4 Å². The van der Waals surface area contributed by atoms with Crippen LogP contribution in [0.3, 0.4) is 0 Å². The second-order valence-corrected chi connectivity index (χ2v) is 5.00. The summed E-state index contributed by atoms with van der Waals surface area (Å²) >= 11 is 0. The Morgan fingerprint density at radius 3 is 2.32 bits per heavy atom. The normalized spacial score (nSPS) is 10.9. The smallest absolute Gasteiger partial charge is 0.188 e. The number of aryl methyl sites for hydroxylation is 1. The molecule has 0 saturated carbocycles. The largest absolute Gasteiger partial charge is 0.379 e. The fraction of sp³-hybridized carbons (Fsp3) is 0.562. The average molecular weight is 264 g/mol. The lowest BCUT2D eigenvalue weighted by Gasteiger charge is -2.07. The van der Waals surface area contributed by atoms with E-state index >= 15 is 0 Å². The van der Waals surface area contributed by atoms with Crippen LogP contribution in [-0.4, -0.2) is 32.2 Å². The zero-order valence-corrected chi connectivity index (χ0v) is 12.1. The summed E-state index contributed by atoms with van der Waals surface area (Å²) in [6, 6.07) is 7.69. The second-order valence-electron chi connectivity index (χ2n) is 5.00. The molecule has 19 heavy (non-hydrogen) atoms. The lowest BCUT2D eigenvalue weighted by Crippen LogP contribution is -2.13. The first-order chi connectivity index (χ1) is 9.13. The van der Waals surface area contributed by atoms with E-state index in [9.17, 15) is 4.79 Å². The highest BCUT2D eigenvalue weighted by Gasteiger charge is 2.05. The van der Waals surface area contributed by atoms with Crippen molar-refractivity contribution in [3.63, 3.8) is 0 Å². The van der Waals surface area contributed by atoms with E-state index in [0.717, 1.165) is 13.0 Å². The van der Waals surface area contributed by atoms with Gasteiger partial charge in [-0.3, -0.25) is 4.79 Å². The molecule has 3 heteroatoms. The predicted octanol–water partition coefficient (Wildman–Crippen LogP) is 3.12. The van der Waals surface area contributed by atoms with Crippen LogP contribution >= 0.6 is 0 Å². The molecular weight excluding hydrogens is 240 g/mol. The highest BCUT2D eigenvalue weighted by atomic mass is 16.5. The van der Waals surface area contributed by atoms with Gasteiger partial charge in [-0.25, -0.2) is 0 Å². The lowest BCUT2D eigenvalue weighted by atomic mass is 10.1. The highest BCUT2D eigenvalue weighted by Crippen LogP contribution is 2.06. The van der Waals surface area contributed by atoms with Crippen LogP contribution in [0.25, 0.3) is 0 Å². The van der Waals surface area contributed by atoms with Gasteiger partial charge < -0.3 is 9.47 Å². The first-order valence-corrected chi connectivity index (χ1v) is 6.91. The fourth-order valence-corrected chi connectivity index (χ4v) is 1.61. The maximum absolute atomic E-state index is 11.8. The average Bonchev–Trinajstić information content (AvgIpc) is 2.42. The van der Waals surface area contributed by atoms with E-state index in [1.165, 1.54) is 5.56 Å². The molecule has 0 N–H and O–H groups in total. The molecule has 0 heterocycles. The first-order valence-electron chi connectivity index (χ1n) is 6.91. The van der Waals surface area contributed by atoms with Crippen molar-refractivity contribution in [3.8, 4) is 0 Å². The van der Waals surface area contributed by atoms with Gasteiger partial charge in [0, 0.05) is 12.2 Å². The molecule has 0 aliphatic rings. The van der Waals surface area contributed by atoms with Crippen LogP contribution in [0, 0.1) is 5.92 Å². The molecule has 0 radical (unpaired) electrons. The number of carbonyl (C=O) groups excluding carboxylic acids is 1. The Hall–Kier alpha value is -1.19. The summed E-state index contributed by atoms with van der Waals surface area (Å²) in [7, 11) is 0. The van der Waals surface area contributed by atoms with Crippen LogP contribution in [0.1, 0.15) is 36.7 Å². The number of Topliss-reactive ketones (excluding diaryl/α,β-unsaturated/α-hetero) is 1. The SMILES string of the molecule is CCc1ccc(C(=O)COCCOCC(C)C)cc1. The van der Waals surface area contributed by atoms with Crippen LogP contribution in [0.2, 0.25) is 0 Å². The molecule has 0 spiro atoms. The molecular formula is C16H24O3. The maximum atomic E-state index is 11.8. The van der Waals surface area contributed by atoms with Crippen molar-refractivity contribution in [2.75, 3.05) is 26.4 Å². The summed E-state index contributed by atoms with van der Waals surface area (Å²) in [6.45, 7) is 8.16. The van der Waals surface area contributed by atoms with E-state index in [1.54, 1.807) is 0 Å². The molecule has 1 aromatic rings. The predicted molar refractivity (Wildman–Crippen MR) is 76.6 cm³/mol. The minimum atomic E-state index is 0.0199. The van der Waals surface area contributed by atoms with E-state index in [2.05, 4.69) is 20.8 Å². The van der Waals surface area contributed by atoms with Gasteiger partial charge in [0.2, 0.25) is 0 Å². The molecule has 0 aliphatic carbocycles. The van der Waals surface area contributed by atoms with E-state index in [1.807, 2.05) is 24.3 Å². The Bertz CT molecular complexity index is 368. The van der Waals surface area contributed by atoms with Crippen molar-refractivity contribution >= 4 is 5.78 Å². The van der Waals surface area contributed by atoms with Gasteiger partial charge in [0.1, 0.15) is 6.61 Å².